The molecule has 2 aromatic rings. The molecule has 0 radical (unpaired) electrons. The number of hydrogen-bond donors (Lipinski definition) is 1. The molecular formula is C11H16N4. The molecule has 0 spiro atoms. The van der Waals surface area contributed by atoms with Gasteiger partial charge in [-0.05, 0) is 19.0 Å². The van der Waals surface area contributed by atoms with Crippen molar-refractivity contribution in [1.29, 1.82) is 0 Å². The summed E-state index contributed by atoms with van der Waals surface area (Å²) >= 11 is 0. The third-order valence-electron chi connectivity index (χ3n) is 2.76. The third kappa shape index (κ3) is 1.72. The van der Waals surface area contributed by atoms with Crippen LogP contribution in [0.2, 0.25) is 0 Å². The molecule has 0 aliphatic rings. The Hall–Kier alpha value is -1.42. The quantitative estimate of drug-likeness (QED) is 0.822. The van der Waals surface area contributed by atoms with Crippen LogP contribution in [0.4, 0.5) is 0 Å². The fourth-order valence-electron chi connectivity index (χ4n) is 1.89. The number of hydrogen-bond acceptors (Lipinski definition) is 3. The van der Waals surface area contributed by atoms with E-state index in [1.54, 1.807) is 12.4 Å². The lowest BCUT2D eigenvalue weighted by Crippen LogP contribution is -2.08. The molecule has 0 fully saturated rings. The summed E-state index contributed by atoms with van der Waals surface area (Å²) in [6.45, 7) is 2.85. The number of nitrogens with two attached hydrogens (primary N) is 1. The number of nitrogens with zero attached hydrogens (tertiary/aromatic N) is 3. The molecule has 2 aromatic heterocycles. The fraction of sp³-hybridized carbons (Fsp3) is 0.455. The van der Waals surface area contributed by atoms with Crippen LogP contribution in [0.25, 0.3) is 11.0 Å². The van der Waals surface area contributed by atoms with Crippen LogP contribution in [0.5, 0.6) is 0 Å². The number of aryl methyl sites for hydroxylation is 1. The molecule has 1 unspecified atom stereocenters. The average Bonchev–Trinajstić information content (AvgIpc) is 2.57. The molecule has 0 saturated carbocycles. The van der Waals surface area contributed by atoms with E-state index in [4.69, 9.17) is 5.73 Å². The average molecular weight is 204 g/mol. The number of fused-ring (bicyclic) bond motifs is 1. The van der Waals surface area contributed by atoms with Gasteiger partial charge in [-0.2, -0.15) is 0 Å². The highest BCUT2D eigenvalue weighted by Crippen LogP contribution is 2.21. The van der Waals surface area contributed by atoms with Crippen LogP contribution in [0.1, 0.15) is 25.1 Å². The lowest BCUT2D eigenvalue weighted by atomic mass is 10.1. The molecule has 4 nitrogen and oxygen atoms in total. The predicted molar refractivity (Wildman–Crippen MR) is 60.6 cm³/mol. The molecule has 80 valence electrons. The molecule has 2 rings (SSSR count). The van der Waals surface area contributed by atoms with Gasteiger partial charge in [0.25, 0.3) is 0 Å². The number of imidazole rings is 1. The molecule has 0 aliphatic heterocycles. The second kappa shape index (κ2) is 3.98. The Kier molecular flexibility index (Phi) is 2.68. The van der Waals surface area contributed by atoms with Gasteiger partial charge in [-0.1, -0.05) is 6.92 Å². The normalized spacial score (nSPS) is 13.3. The Morgan fingerprint density at radius 2 is 2.33 bits per heavy atom. The summed E-state index contributed by atoms with van der Waals surface area (Å²) in [6, 6.07) is 1.99. The van der Waals surface area contributed by atoms with E-state index in [1.807, 2.05) is 13.1 Å². The summed E-state index contributed by atoms with van der Waals surface area (Å²) < 4.78 is 2.12. The lowest BCUT2D eigenvalue weighted by Gasteiger charge is -2.09. The Bertz CT molecular complexity index is 461. The van der Waals surface area contributed by atoms with E-state index in [0.29, 0.717) is 12.5 Å². The topological polar surface area (TPSA) is 56.7 Å². The van der Waals surface area contributed by atoms with Gasteiger partial charge < -0.3 is 10.3 Å². The fourth-order valence-corrected chi connectivity index (χ4v) is 1.89. The predicted octanol–water partition coefficient (Wildman–Crippen LogP) is 1.42. The van der Waals surface area contributed by atoms with Crippen molar-refractivity contribution in [3.8, 4) is 0 Å². The lowest BCUT2D eigenvalue weighted by molar-refractivity contribution is 0.624. The van der Waals surface area contributed by atoms with Crippen LogP contribution >= 0.6 is 0 Å². The monoisotopic (exact) mass is 204 g/mol. The SMILES string of the molecule is CC(CCN)c1nc2cnccc2n1C. The standard InChI is InChI=1S/C11H16N4/c1-8(3-5-12)11-14-9-7-13-6-4-10(9)15(11)2/h4,6-8H,3,5,12H2,1-2H3. The molecule has 1 atom stereocenters. The third-order valence-corrected chi connectivity index (χ3v) is 2.76. The van der Waals surface area contributed by atoms with Gasteiger partial charge >= 0.3 is 0 Å². The highest BCUT2D eigenvalue weighted by atomic mass is 15.1. The second-order valence-electron chi connectivity index (χ2n) is 3.87. The van der Waals surface area contributed by atoms with E-state index in [2.05, 4.69) is 21.5 Å². The van der Waals surface area contributed by atoms with Gasteiger partial charge in [-0.15, -0.1) is 0 Å². The molecular weight excluding hydrogens is 188 g/mol. The zero-order valence-corrected chi connectivity index (χ0v) is 9.14. The van der Waals surface area contributed by atoms with Gasteiger partial charge in [0.2, 0.25) is 0 Å². The minimum Gasteiger partial charge on any atom is -0.331 e. The van der Waals surface area contributed by atoms with Crippen LogP contribution in [0, 0.1) is 0 Å². The molecule has 4 heteroatoms. The van der Waals surface area contributed by atoms with Crippen LogP contribution in [0.15, 0.2) is 18.5 Å². The Morgan fingerprint density at radius 1 is 1.53 bits per heavy atom. The summed E-state index contributed by atoms with van der Waals surface area (Å²) in [7, 11) is 2.04. The maximum atomic E-state index is 5.56. The number of pyridine rings is 1. The van der Waals surface area contributed by atoms with Crippen LogP contribution in [-0.4, -0.2) is 21.1 Å². The van der Waals surface area contributed by atoms with E-state index in [0.717, 1.165) is 23.3 Å². The van der Waals surface area contributed by atoms with Crippen molar-refractivity contribution in [3.63, 3.8) is 0 Å². The van der Waals surface area contributed by atoms with E-state index in [9.17, 15) is 0 Å². The second-order valence-corrected chi connectivity index (χ2v) is 3.87. The van der Waals surface area contributed by atoms with Gasteiger partial charge in [0, 0.05) is 19.2 Å². The van der Waals surface area contributed by atoms with Gasteiger partial charge in [0.1, 0.15) is 11.3 Å². The van der Waals surface area contributed by atoms with Gasteiger partial charge in [0.15, 0.2) is 0 Å². The molecule has 0 bridgehead atoms. The van der Waals surface area contributed by atoms with E-state index >= 15 is 0 Å². The first-order valence-electron chi connectivity index (χ1n) is 5.20. The molecule has 2 N–H and O–H groups in total. The molecule has 0 saturated heterocycles. The highest BCUT2D eigenvalue weighted by molar-refractivity contribution is 5.74. The van der Waals surface area contributed by atoms with Crippen molar-refractivity contribution < 1.29 is 0 Å². The minimum absolute atomic E-state index is 0.396. The van der Waals surface area contributed by atoms with Crippen molar-refractivity contribution in [2.45, 2.75) is 19.3 Å². The van der Waals surface area contributed by atoms with Gasteiger partial charge in [-0.3, -0.25) is 4.98 Å². The first-order valence-corrected chi connectivity index (χ1v) is 5.20. The van der Waals surface area contributed by atoms with Crippen LogP contribution in [-0.2, 0) is 7.05 Å². The van der Waals surface area contributed by atoms with E-state index in [-0.39, 0.29) is 0 Å². The molecule has 0 aromatic carbocycles. The number of rotatable bonds is 3. The first-order chi connectivity index (χ1) is 7.24. The summed E-state index contributed by atoms with van der Waals surface area (Å²) in [5, 5.41) is 0. The summed E-state index contributed by atoms with van der Waals surface area (Å²) in [6.07, 6.45) is 4.56. The van der Waals surface area contributed by atoms with Gasteiger partial charge in [-0.25, -0.2) is 4.98 Å². The Labute approximate surface area is 89.1 Å². The number of aromatic nitrogens is 3. The largest absolute Gasteiger partial charge is 0.331 e. The summed E-state index contributed by atoms with van der Waals surface area (Å²) in [4.78, 5) is 8.65. The maximum absolute atomic E-state index is 5.56. The molecule has 0 amide bonds. The van der Waals surface area contributed by atoms with E-state index < -0.39 is 0 Å². The van der Waals surface area contributed by atoms with Crippen molar-refractivity contribution >= 4 is 11.0 Å². The molecule has 0 aliphatic carbocycles. The zero-order chi connectivity index (χ0) is 10.8. The van der Waals surface area contributed by atoms with Crippen molar-refractivity contribution in [3.05, 3.63) is 24.3 Å². The first kappa shape index (κ1) is 10.1. The summed E-state index contributed by atoms with van der Waals surface area (Å²) in [5.41, 5.74) is 7.65. The highest BCUT2D eigenvalue weighted by Gasteiger charge is 2.13. The van der Waals surface area contributed by atoms with Crippen LogP contribution < -0.4 is 5.73 Å². The van der Waals surface area contributed by atoms with Crippen molar-refractivity contribution in [2.75, 3.05) is 6.54 Å². The molecule has 2 heterocycles. The zero-order valence-electron chi connectivity index (χ0n) is 9.14. The molecule has 15 heavy (non-hydrogen) atoms. The van der Waals surface area contributed by atoms with Crippen molar-refractivity contribution in [2.24, 2.45) is 12.8 Å². The Balaban J connectivity index is 2.48. The minimum atomic E-state index is 0.396. The summed E-state index contributed by atoms with van der Waals surface area (Å²) in [5.74, 6) is 1.48. The van der Waals surface area contributed by atoms with E-state index in [1.165, 1.54) is 0 Å². The maximum Gasteiger partial charge on any atom is 0.112 e. The van der Waals surface area contributed by atoms with Gasteiger partial charge in [0.05, 0.1) is 11.7 Å². The van der Waals surface area contributed by atoms with Crippen LogP contribution in [0.3, 0.4) is 0 Å². The Morgan fingerprint density at radius 3 is 3.00 bits per heavy atom. The smallest absolute Gasteiger partial charge is 0.112 e. The van der Waals surface area contributed by atoms with Crippen molar-refractivity contribution in [1.82, 2.24) is 14.5 Å².